The lowest BCUT2D eigenvalue weighted by Gasteiger charge is -2.21. The normalized spacial score (nSPS) is 9.83. The average Bonchev–Trinajstić information content (AvgIpc) is 2.38. The molecule has 0 bridgehead atoms. The summed E-state index contributed by atoms with van der Waals surface area (Å²) in [5, 5.41) is 8.69. The van der Waals surface area contributed by atoms with Crippen LogP contribution in [0.25, 0.3) is 0 Å². The van der Waals surface area contributed by atoms with Crippen LogP contribution in [0.3, 0.4) is 0 Å². The van der Waals surface area contributed by atoms with Crippen LogP contribution in [0.1, 0.15) is 36.3 Å². The number of rotatable bonds is 3. The maximum Gasteiger partial charge on any atom is 0.273 e. The molecule has 1 aromatic heterocycles. The maximum absolute atomic E-state index is 12.2. The number of aliphatic hydroxyl groups excluding tert-OH is 1. The van der Waals surface area contributed by atoms with Gasteiger partial charge in [0.25, 0.3) is 5.91 Å². The number of carbonyl (C=O) groups is 1. The van der Waals surface area contributed by atoms with E-state index < -0.39 is 0 Å². The molecule has 18 heavy (non-hydrogen) atoms. The second kappa shape index (κ2) is 6.77. The second-order valence-corrected chi connectivity index (χ2v) is 4.18. The third-order valence-corrected chi connectivity index (χ3v) is 2.57. The number of aliphatic hydroxyl groups is 1. The van der Waals surface area contributed by atoms with Gasteiger partial charge in [-0.2, -0.15) is 0 Å². The van der Waals surface area contributed by atoms with Crippen LogP contribution < -0.4 is 0 Å². The van der Waals surface area contributed by atoms with E-state index in [1.165, 1.54) is 0 Å². The molecule has 0 aliphatic rings. The summed E-state index contributed by atoms with van der Waals surface area (Å²) in [6, 6.07) is 3.62. The highest BCUT2D eigenvalue weighted by Gasteiger charge is 2.18. The van der Waals surface area contributed by atoms with Crippen molar-refractivity contribution in [3.8, 4) is 11.8 Å². The molecule has 0 aromatic carbocycles. The summed E-state index contributed by atoms with van der Waals surface area (Å²) in [4.78, 5) is 17.9. The van der Waals surface area contributed by atoms with Crippen LogP contribution in [-0.4, -0.2) is 40.6 Å². The smallest absolute Gasteiger partial charge is 0.273 e. The van der Waals surface area contributed by atoms with Crippen molar-refractivity contribution in [3.63, 3.8) is 0 Å². The summed E-state index contributed by atoms with van der Waals surface area (Å²) < 4.78 is 0. The van der Waals surface area contributed by atoms with Gasteiger partial charge in [0, 0.05) is 25.7 Å². The predicted molar refractivity (Wildman–Crippen MR) is 70.0 cm³/mol. The van der Waals surface area contributed by atoms with E-state index in [2.05, 4.69) is 16.8 Å². The van der Waals surface area contributed by atoms with E-state index in [1.54, 1.807) is 30.3 Å². The summed E-state index contributed by atoms with van der Waals surface area (Å²) in [5.41, 5.74) is 0.961. The molecule has 1 N–H and O–H groups in total. The molecule has 1 amide bonds. The standard InChI is InChI=1S/C14H18N2O2/c1-11(2)16(3)14(18)13-12(7-4-5-10-17)8-6-9-15-13/h6,8-9,11,17H,5,10H2,1-3H3. The first-order chi connectivity index (χ1) is 8.57. The SMILES string of the molecule is CC(C)N(C)C(=O)c1ncccc1C#CCCO. The van der Waals surface area contributed by atoms with Gasteiger partial charge in [0.2, 0.25) is 0 Å². The van der Waals surface area contributed by atoms with Crippen LogP contribution >= 0.6 is 0 Å². The minimum Gasteiger partial charge on any atom is -0.395 e. The predicted octanol–water partition coefficient (Wildman–Crippen LogP) is 1.30. The van der Waals surface area contributed by atoms with Crippen molar-refractivity contribution in [2.75, 3.05) is 13.7 Å². The van der Waals surface area contributed by atoms with Crippen LogP contribution in [0.15, 0.2) is 18.3 Å². The fraction of sp³-hybridized carbons (Fsp3) is 0.429. The number of hydrogen-bond acceptors (Lipinski definition) is 3. The zero-order valence-electron chi connectivity index (χ0n) is 11.0. The van der Waals surface area contributed by atoms with E-state index in [9.17, 15) is 4.79 Å². The Balaban J connectivity index is 3.03. The largest absolute Gasteiger partial charge is 0.395 e. The van der Waals surface area contributed by atoms with E-state index in [0.29, 0.717) is 17.7 Å². The van der Waals surface area contributed by atoms with E-state index >= 15 is 0 Å². The van der Waals surface area contributed by atoms with Gasteiger partial charge in [-0.1, -0.05) is 11.8 Å². The molecule has 0 spiro atoms. The first kappa shape index (κ1) is 14.2. The molecule has 0 unspecified atom stereocenters. The topological polar surface area (TPSA) is 53.4 Å². The van der Waals surface area contributed by atoms with Crippen LogP contribution in [0.2, 0.25) is 0 Å². The molecule has 1 aromatic rings. The molecule has 4 nitrogen and oxygen atoms in total. The van der Waals surface area contributed by atoms with E-state index in [0.717, 1.165) is 0 Å². The molecule has 0 saturated carbocycles. The highest BCUT2D eigenvalue weighted by atomic mass is 16.2. The summed E-state index contributed by atoms with van der Waals surface area (Å²) in [7, 11) is 1.74. The first-order valence-electron chi connectivity index (χ1n) is 5.89. The minimum absolute atomic E-state index is 0.0163. The Labute approximate surface area is 108 Å². The molecule has 0 atom stereocenters. The van der Waals surface area contributed by atoms with Gasteiger partial charge in [0.05, 0.1) is 12.2 Å². The highest BCUT2D eigenvalue weighted by Crippen LogP contribution is 2.08. The Bertz CT molecular complexity index is 472. The van der Waals surface area contributed by atoms with Gasteiger partial charge in [0.15, 0.2) is 0 Å². The molecule has 0 radical (unpaired) electrons. The zero-order valence-corrected chi connectivity index (χ0v) is 11.0. The highest BCUT2D eigenvalue weighted by molar-refractivity contribution is 5.94. The van der Waals surface area contributed by atoms with Gasteiger partial charge in [-0.3, -0.25) is 4.79 Å². The number of hydrogen-bond donors (Lipinski definition) is 1. The van der Waals surface area contributed by atoms with Crippen molar-refractivity contribution >= 4 is 5.91 Å². The number of carbonyl (C=O) groups excluding carboxylic acids is 1. The lowest BCUT2D eigenvalue weighted by atomic mass is 10.1. The van der Waals surface area contributed by atoms with Crippen LogP contribution in [0.5, 0.6) is 0 Å². The van der Waals surface area contributed by atoms with E-state index in [1.807, 2.05) is 13.8 Å². The van der Waals surface area contributed by atoms with Crippen molar-refractivity contribution in [2.24, 2.45) is 0 Å². The number of pyridine rings is 1. The summed E-state index contributed by atoms with van der Waals surface area (Å²) in [6.07, 6.45) is 1.97. The van der Waals surface area contributed by atoms with Gasteiger partial charge in [-0.15, -0.1) is 0 Å². The van der Waals surface area contributed by atoms with Crippen LogP contribution in [-0.2, 0) is 0 Å². The molecule has 1 rings (SSSR count). The fourth-order valence-electron chi connectivity index (χ4n) is 1.29. The summed E-state index contributed by atoms with van der Waals surface area (Å²) in [6.45, 7) is 3.90. The fourth-order valence-corrected chi connectivity index (χ4v) is 1.29. The van der Waals surface area contributed by atoms with Crippen LogP contribution in [0.4, 0.5) is 0 Å². The number of aromatic nitrogens is 1. The first-order valence-corrected chi connectivity index (χ1v) is 5.89. The van der Waals surface area contributed by atoms with Crippen molar-refractivity contribution in [3.05, 3.63) is 29.6 Å². The zero-order chi connectivity index (χ0) is 13.5. The van der Waals surface area contributed by atoms with Gasteiger partial charge in [-0.05, 0) is 26.0 Å². The average molecular weight is 246 g/mol. The van der Waals surface area contributed by atoms with E-state index in [4.69, 9.17) is 5.11 Å². The maximum atomic E-state index is 12.2. The molecule has 4 heteroatoms. The summed E-state index contributed by atoms with van der Waals surface area (Å²) >= 11 is 0. The van der Waals surface area contributed by atoms with Gasteiger partial charge >= 0.3 is 0 Å². The van der Waals surface area contributed by atoms with Crippen molar-refractivity contribution in [1.29, 1.82) is 0 Å². The molecular formula is C14H18N2O2. The Hall–Kier alpha value is -1.86. The third kappa shape index (κ3) is 3.57. The number of amides is 1. The quantitative estimate of drug-likeness (QED) is 0.818. The third-order valence-electron chi connectivity index (χ3n) is 2.57. The van der Waals surface area contributed by atoms with Gasteiger partial charge in [0.1, 0.15) is 5.69 Å². The molecule has 0 aliphatic heterocycles. The van der Waals surface area contributed by atoms with Gasteiger partial charge in [-0.25, -0.2) is 4.98 Å². The lowest BCUT2D eigenvalue weighted by molar-refractivity contribution is 0.0748. The minimum atomic E-state index is -0.140. The van der Waals surface area contributed by atoms with Gasteiger partial charge < -0.3 is 10.0 Å². The van der Waals surface area contributed by atoms with Crippen molar-refractivity contribution in [2.45, 2.75) is 26.3 Å². The summed E-state index contributed by atoms with van der Waals surface area (Å²) in [5.74, 6) is 5.53. The molecule has 96 valence electrons. The van der Waals surface area contributed by atoms with Crippen molar-refractivity contribution in [1.82, 2.24) is 9.88 Å². The molecule has 0 fully saturated rings. The van der Waals surface area contributed by atoms with Crippen molar-refractivity contribution < 1.29 is 9.90 Å². The molecule has 1 heterocycles. The molecule has 0 saturated heterocycles. The lowest BCUT2D eigenvalue weighted by Crippen LogP contribution is -2.34. The Morgan fingerprint density at radius 1 is 1.56 bits per heavy atom. The Morgan fingerprint density at radius 3 is 2.89 bits per heavy atom. The number of nitrogens with zero attached hydrogens (tertiary/aromatic N) is 2. The van der Waals surface area contributed by atoms with E-state index in [-0.39, 0.29) is 18.6 Å². The van der Waals surface area contributed by atoms with Crippen LogP contribution in [0, 0.1) is 11.8 Å². The monoisotopic (exact) mass is 246 g/mol. The molecular weight excluding hydrogens is 228 g/mol. The Kier molecular flexibility index (Phi) is 5.34. The molecule has 0 aliphatic carbocycles. The Morgan fingerprint density at radius 2 is 2.28 bits per heavy atom. The second-order valence-electron chi connectivity index (χ2n) is 4.18.